The van der Waals surface area contributed by atoms with Crippen molar-refractivity contribution in [3.63, 3.8) is 0 Å². The zero-order valence-corrected chi connectivity index (χ0v) is 15.9. The van der Waals surface area contributed by atoms with E-state index in [4.69, 9.17) is 0 Å². The molecular formula is C22H24N4O2. The smallest absolute Gasteiger partial charge is 0.321 e. The van der Waals surface area contributed by atoms with Crippen LogP contribution in [0.15, 0.2) is 54.7 Å². The van der Waals surface area contributed by atoms with Gasteiger partial charge in [0.2, 0.25) is 0 Å². The van der Waals surface area contributed by atoms with Crippen LogP contribution < -0.4 is 5.32 Å². The summed E-state index contributed by atoms with van der Waals surface area (Å²) >= 11 is 0. The number of hydrogen-bond donors (Lipinski definition) is 2. The number of nitrogens with zero attached hydrogens (tertiary/aromatic N) is 3. The lowest BCUT2D eigenvalue weighted by Crippen LogP contribution is -2.42. The van der Waals surface area contributed by atoms with Gasteiger partial charge in [0.05, 0.1) is 23.0 Å². The molecule has 6 nitrogen and oxygen atoms in total. The third-order valence-corrected chi connectivity index (χ3v) is 5.38. The van der Waals surface area contributed by atoms with Crippen LogP contribution in [0, 0.1) is 12.8 Å². The van der Waals surface area contributed by atoms with Gasteiger partial charge in [0.15, 0.2) is 0 Å². The van der Waals surface area contributed by atoms with Crippen LogP contribution in [0.5, 0.6) is 0 Å². The van der Waals surface area contributed by atoms with E-state index >= 15 is 0 Å². The molecule has 2 amide bonds. The highest BCUT2D eigenvalue weighted by Crippen LogP contribution is 2.30. The van der Waals surface area contributed by atoms with E-state index in [1.54, 1.807) is 6.20 Å². The lowest BCUT2D eigenvalue weighted by Gasteiger charge is -2.34. The lowest BCUT2D eigenvalue weighted by atomic mass is 9.89. The Hall–Kier alpha value is -2.99. The Balaban J connectivity index is 1.40. The van der Waals surface area contributed by atoms with Crippen LogP contribution in [0.25, 0.3) is 10.9 Å². The highest BCUT2D eigenvalue weighted by Gasteiger charge is 2.29. The normalized spacial score (nSPS) is 16.1. The fourth-order valence-corrected chi connectivity index (χ4v) is 3.77. The number of nitrogens with one attached hydrogen (secondary N) is 1. The third-order valence-electron chi connectivity index (χ3n) is 5.38. The standard InChI is InChI=1S/C22H24N4O2/c1-15-8-9-17-18(24-15)6-4-7-19(17)25-22(28)26-13-10-16(11-14-26)21(27)20-5-2-3-12-23-20/h2-9,12,16,21,27H,10-11,13-14H2,1H3,(H,25,28). The van der Waals surface area contributed by atoms with Crippen molar-refractivity contribution in [2.75, 3.05) is 18.4 Å². The molecule has 1 atom stereocenters. The van der Waals surface area contributed by atoms with Crippen molar-refractivity contribution in [2.45, 2.75) is 25.9 Å². The molecule has 0 spiro atoms. The van der Waals surface area contributed by atoms with E-state index in [0.29, 0.717) is 18.8 Å². The van der Waals surface area contributed by atoms with Crippen molar-refractivity contribution >= 4 is 22.6 Å². The van der Waals surface area contributed by atoms with Gasteiger partial charge in [-0.3, -0.25) is 9.97 Å². The number of rotatable bonds is 3. The van der Waals surface area contributed by atoms with E-state index in [9.17, 15) is 9.90 Å². The van der Waals surface area contributed by atoms with Crippen LogP contribution >= 0.6 is 0 Å². The van der Waals surface area contributed by atoms with E-state index in [0.717, 1.165) is 35.1 Å². The minimum Gasteiger partial charge on any atom is -0.387 e. The van der Waals surface area contributed by atoms with Crippen LogP contribution in [0.4, 0.5) is 10.5 Å². The lowest BCUT2D eigenvalue weighted by molar-refractivity contribution is 0.0652. The van der Waals surface area contributed by atoms with E-state index in [1.807, 2.05) is 60.4 Å². The van der Waals surface area contributed by atoms with E-state index < -0.39 is 6.10 Å². The fraction of sp³-hybridized carbons (Fsp3) is 0.318. The summed E-state index contributed by atoms with van der Waals surface area (Å²) in [6.07, 6.45) is 2.61. The van der Waals surface area contributed by atoms with Crippen LogP contribution in [0.1, 0.15) is 30.3 Å². The number of carbonyl (C=O) groups excluding carboxylic acids is 1. The number of pyridine rings is 2. The summed E-state index contributed by atoms with van der Waals surface area (Å²) < 4.78 is 0. The SMILES string of the molecule is Cc1ccc2c(NC(=O)N3CCC(C(O)c4ccccn4)CC3)cccc2n1. The number of urea groups is 1. The molecule has 0 radical (unpaired) electrons. The van der Waals surface area contributed by atoms with Crippen molar-refractivity contribution in [1.82, 2.24) is 14.9 Å². The minimum atomic E-state index is -0.584. The number of carbonyl (C=O) groups is 1. The van der Waals surface area contributed by atoms with Crippen LogP contribution in [0.3, 0.4) is 0 Å². The molecule has 2 N–H and O–H groups in total. The van der Waals surface area contributed by atoms with E-state index in [1.165, 1.54) is 0 Å². The second-order valence-corrected chi connectivity index (χ2v) is 7.28. The summed E-state index contributed by atoms with van der Waals surface area (Å²) in [7, 11) is 0. The Bertz CT molecular complexity index is 969. The first kappa shape index (κ1) is 18.4. The quantitative estimate of drug-likeness (QED) is 0.726. The van der Waals surface area contributed by atoms with Crippen molar-refractivity contribution in [1.29, 1.82) is 0 Å². The van der Waals surface area contributed by atoms with E-state index in [2.05, 4.69) is 15.3 Å². The number of benzene rings is 1. The number of fused-ring (bicyclic) bond motifs is 1. The van der Waals surface area contributed by atoms with Gasteiger partial charge >= 0.3 is 6.03 Å². The molecule has 0 bridgehead atoms. The molecule has 6 heteroatoms. The number of aromatic nitrogens is 2. The third kappa shape index (κ3) is 3.82. The molecule has 1 aliphatic rings. The molecule has 1 unspecified atom stereocenters. The van der Waals surface area contributed by atoms with E-state index in [-0.39, 0.29) is 11.9 Å². The Morgan fingerprint density at radius 3 is 2.71 bits per heavy atom. The number of aliphatic hydroxyl groups is 1. The summed E-state index contributed by atoms with van der Waals surface area (Å²) in [6.45, 7) is 3.18. The highest BCUT2D eigenvalue weighted by atomic mass is 16.3. The van der Waals surface area contributed by atoms with Crippen molar-refractivity contribution < 1.29 is 9.90 Å². The molecule has 0 aliphatic carbocycles. The van der Waals surface area contributed by atoms with Gasteiger partial charge in [0.25, 0.3) is 0 Å². The van der Waals surface area contributed by atoms with Crippen molar-refractivity contribution in [2.24, 2.45) is 5.92 Å². The number of likely N-dealkylation sites (tertiary alicyclic amines) is 1. The second kappa shape index (κ2) is 7.94. The molecule has 3 heterocycles. The molecule has 144 valence electrons. The average Bonchev–Trinajstić information content (AvgIpc) is 2.74. The number of aryl methyl sites for hydroxylation is 1. The summed E-state index contributed by atoms with van der Waals surface area (Å²) in [5.41, 5.74) is 3.29. The van der Waals surface area contributed by atoms with Gasteiger partial charge in [-0.25, -0.2) is 4.79 Å². The van der Waals surface area contributed by atoms with Gasteiger partial charge in [-0.2, -0.15) is 0 Å². The monoisotopic (exact) mass is 376 g/mol. The first-order valence-corrected chi connectivity index (χ1v) is 9.63. The Morgan fingerprint density at radius 2 is 1.96 bits per heavy atom. The van der Waals surface area contributed by atoms with Gasteiger partial charge in [-0.05, 0) is 62.1 Å². The Kier molecular flexibility index (Phi) is 5.21. The molecule has 1 aliphatic heterocycles. The van der Waals surface area contributed by atoms with Crippen molar-refractivity contribution in [3.05, 3.63) is 66.1 Å². The zero-order valence-electron chi connectivity index (χ0n) is 15.9. The number of aliphatic hydroxyl groups excluding tert-OH is 1. The minimum absolute atomic E-state index is 0.112. The zero-order chi connectivity index (χ0) is 19.5. The largest absolute Gasteiger partial charge is 0.387 e. The number of piperidine rings is 1. The molecule has 0 saturated carbocycles. The predicted molar refractivity (Wildman–Crippen MR) is 109 cm³/mol. The van der Waals surface area contributed by atoms with Gasteiger partial charge in [-0.15, -0.1) is 0 Å². The number of amides is 2. The summed E-state index contributed by atoms with van der Waals surface area (Å²) in [5, 5.41) is 14.5. The predicted octanol–water partition coefficient (Wildman–Crippen LogP) is 3.92. The molecule has 1 aromatic carbocycles. The van der Waals surface area contributed by atoms with Crippen molar-refractivity contribution in [3.8, 4) is 0 Å². The molecule has 3 aromatic rings. The highest BCUT2D eigenvalue weighted by molar-refractivity contribution is 6.00. The van der Waals surface area contributed by atoms with Gasteiger partial charge in [0.1, 0.15) is 0 Å². The summed E-state index contributed by atoms with van der Waals surface area (Å²) in [6, 6.07) is 15.1. The summed E-state index contributed by atoms with van der Waals surface area (Å²) in [4.78, 5) is 23.3. The average molecular weight is 376 g/mol. The fourth-order valence-electron chi connectivity index (χ4n) is 3.77. The Morgan fingerprint density at radius 1 is 1.14 bits per heavy atom. The Labute approximate surface area is 164 Å². The second-order valence-electron chi connectivity index (χ2n) is 7.28. The first-order valence-electron chi connectivity index (χ1n) is 9.63. The van der Waals surface area contributed by atoms with Gasteiger partial charge in [-0.1, -0.05) is 12.1 Å². The van der Waals surface area contributed by atoms with Gasteiger partial charge < -0.3 is 15.3 Å². The molecule has 1 fully saturated rings. The molecule has 4 rings (SSSR count). The summed E-state index contributed by atoms with van der Waals surface area (Å²) in [5.74, 6) is 0.115. The maximum atomic E-state index is 12.7. The number of anilines is 1. The van der Waals surface area contributed by atoms with Crippen LogP contribution in [0.2, 0.25) is 0 Å². The maximum Gasteiger partial charge on any atom is 0.321 e. The topological polar surface area (TPSA) is 78.4 Å². The molecule has 1 saturated heterocycles. The maximum absolute atomic E-state index is 12.7. The molecular weight excluding hydrogens is 352 g/mol. The molecule has 28 heavy (non-hydrogen) atoms. The molecule has 2 aromatic heterocycles. The van der Waals surface area contributed by atoms with Crippen LogP contribution in [-0.2, 0) is 0 Å². The number of hydrogen-bond acceptors (Lipinski definition) is 4. The van der Waals surface area contributed by atoms with Crippen LogP contribution in [-0.4, -0.2) is 39.1 Å². The van der Waals surface area contributed by atoms with Gasteiger partial charge in [0, 0.05) is 30.4 Å². The first-order chi connectivity index (χ1) is 13.6.